The molecule has 0 spiro atoms. The summed E-state index contributed by atoms with van der Waals surface area (Å²) in [6.45, 7) is 4.55. The average molecular weight is 304 g/mol. The fraction of sp³-hybridized carbons (Fsp3) is 0.417. The molecule has 0 unspecified atom stereocenters. The summed E-state index contributed by atoms with van der Waals surface area (Å²) in [5, 5.41) is 1.00. The smallest absolute Gasteiger partial charge is 0.175 e. The van der Waals surface area contributed by atoms with Crippen molar-refractivity contribution in [1.29, 1.82) is 0 Å². The monoisotopic (exact) mass is 303 g/mol. The van der Waals surface area contributed by atoms with Crippen LogP contribution in [0.5, 0.6) is 5.75 Å². The molecule has 1 heterocycles. The van der Waals surface area contributed by atoms with Crippen molar-refractivity contribution in [3.05, 3.63) is 23.0 Å². The molecule has 7 heteroatoms. The summed E-state index contributed by atoms with van der Waals surface area (Å²) in [5.74, 6) is 0.940. The van der Waals surface area contributed by atoms with Crippen molar-refractivity contribution in [3.63, 3.8) is 0 Å². The van der Waals surface area contributed by atoms with Crippen molar-refractivity contribution in [2.75, 3.05) is 17.7 Å². The molecule has 0 bridgehead atoms. The lowest BCUT2D eigenvalue weighted by atomic mass is 10.3. The van der Waals surface area contributed by atoms with Crippen molar-refractivity contribution in [1.82, 2.24) is 5.43 Å². The Hall–Kier alpha value is -1.14. The van der Waals surface area contributed by atoms with Gasteiger partial charge in [-0.3, -0.25) is 15.8 Å². The standard InChI is InChI=1S/C12H15ClFN3OS/c1-7(2)18-11-6-10(9(14)5-8(11)13)16-17-12-15-3-4-19-12/h5-7,16H,3-4H2,1-2H3,(H,15,17). The zero-order chi connectivity index (χ0) is 13.8. The minimum Gasteiger partial charge on any atom is -0.489 e. The van der Waals surface area contributed by atoms with Gasteiger partial charge < -0.3 is 4.74 Å². The number of nitrogens with one attached hydrogen (secondary N) is 2. The van der Waals surface area contributed by atoms with Crippen molar-refractivity contribution in [2.24, 2.45) is 4.99 Å². The summed E-state index contributed by atoms with van der Waals surface area (Å²) >= 11 is 7.51. The van der Waals surface area contributed by atoms with E-state index >= 15 is 0 Å². The zero-order valence-electron chi connectivity index (χ0n) is 10.7. The highest BCUT2D eigenvalue weighted by Gasteiger charge is 2.12. The molecule has 0 saturated carbocycles. The number of hydrogen-bond acceptors (Lipinski definition) is 5. The number of nitrogens with zero attached hydrogens (tertiary/aromatic N) is 1. The van der Waals surface area contributed by atoms with Crippen LogP contribution in [-0.2, 0) is 0 Å². The number of hydrazine groups is 1. The Morgan fingerprint density at radius 2 is 2.21 bits per heavy atom. The maximum atomic E-state index is 13.8. The van der Waals surface area contributed by atoms with Crippen LogP contribution < -0.4 is 15.6 Å². The molecule has 0 atom stereocenters. The van der Waals surface area contributed by atoms with Crippen LogP contribution in [0.4, 0.5) is 10.1 Å². The number of rotatable bonds is 4. The molecule has 0 aliphatic carbocycles. The Labute approximate surface area is 120 Å². The quantitative estimate of drug-likeness (QED) is 0.838. The third-order valence-electron chi connectivity index (χ3n) is 2.27. The van der Waals surface area contributed by atoms with Crippen LogP contribution in [0.1, 0.15) is 13.8 Å². The van der Waals surface area contributed by atoms with Crippen LogP contribution >= 0.6 is 23.4 Å². The van der Waals surface area contributed by atoms with Gasteiger partial charge >= 0.3 is 0 Å². The van der Waals surface area contributed by atoms with Gasteiger partial charge in [-0.05, 0) is 19.9 Å². The minimum atomic E-state index is -0.447. The van der Waals surface area contributed by atoms with Crippen LogP contribution in [0.2, 0.25) is 5.02 Å². The highest BCUT2D eigenvalue weighted by atomic mass is 35.5. The fourth-order valence-electron chi connectivity index (χ4n) is 1.50. The van der Waals surface area contributed by atoms with Gasteiger partial charge in [-0.2, -0.15) is 0 Å². The molecule has 1 aromatic carbocycles. The van der Waals surface area contributed by atoms with Gasteiger partial charge in [0, 0.05) is 11.8 Å². The van der Waals surface area contributed by atoms with Gasteiger partial charge in [0.25, 0.3) is 0 Å². The number of benzene rings is 1. The normalized spacial score (nSPS) is 14.5. The molecule has 1 aromatic rings. The van der Waals surface area contributed by atoms with E-state index in [1.54, 1.807) is 11.8 Å². The number of ether oxygens (including phenoxy) is 1. The van der Waals surface area contributed by atoms with Gasteiger partial charge in [0.2, 0.25) is 0 Å². The number of thioether (sulfide) groups is 1. The van der Waals surface area contributed by atoms with Crippen molar-refractivity contribution < 1.29 is 9.13 Å². The number of halogens is 2. The molecule has 2 rings (SSSR count). The lowest BCUT2D eigenvalue weighted by Gasteiger charge is -2.15. The first kappa shape index (κ1) is 14.3. The second-order valence-electron chi connectivity index (χ2n) is 4.21. The summed E-state index contributed by atoms with van der Waals surface area (Å²) in [4.78, 5) is 4.20. The molecule has 0 saturated heterocycles. The van der Waals surface area contributed by atoms with E-state index in [-0.39, 0.29) is 16.8 Å². The minimum absolute atomic E-state index is 0.0291. The van der Waals surface area contributed by atoms with E-state index in [2.05, 4.69) is 15.8 Å². The van der Waals surface area contributed by atoms with Crippen LogP contribution in [0, 0.1) is 5.82 Å². The topological polar surface area (TPSA) is 45.6 Å². The Bertz CT molecular complexity index is 496. The molecule has 4 nitrogen and oxygen atoms in total. The predicted octanol–water partition coefficient (Wildman–Crippen LogP) is 3.29. The van der Waals surface area contributed by atoms with Crippen LogP contribution in [-0.4, -0.2) is 23.6 Å². The Kier molecular flexibility index (Phi) is 4.76. The Morgan fingerprint density at radius 3 is 2.84 bits per heavy atom. The van der Waals surface area contributed by atoms with E-state index in [1.165, 1.54) is 12.1 Å². The van der Waals surface area contributed by atoms with Crippen molar-refractivity contribution in [2.45, 2.75) is 20.0 Å². The zero-order valence-corrected chi connectivity index (χ0v) is 12.2. The lowest BCUT2D eigenvalue weighted by molar-refractivity contribution is 0.242. The van der Waals surface area contributed by atoms with E-state index in [0.717, 1.165) is 17.5 Å². The third kappa shape index (κ3) is 3.91. The molecular formula is C12H15ClFN3OS. The van der Waals surface area contributed by atoms with Gasteiger partial charge in [-0.15, -0.1) is 0 Å². The van der Waals surface area contributed by atoms with E-state index in [9.17, 15) is 4.39 Å². The summed E-state index contributed by atoms with van der Waals surface area (Å²) in [7, 11) is 0. The first-order chi connectivity index (χ1) is 9.06. The molecular weight excluding hydrogens is 289 g/mol. The Morgan fingerprint density at radius 1 is 1.42 bits per heavy atom. The molecule has 1 aliphatic rings. The number of aliphatic imine (C=N–C) groups is 1. The second kappa shape index (κ2) is 6.34. The predicted molar refractivity (Wildman–Crippen MR) is 78.7 cm³/mol. The summed E-state index contributed by atoms with van der Waals surface area (Å²) < 4.78 is 19.3. The van der Waals surface area contributed by atoms with Crippen molar-refractivity contribution >= 4 is 34.2 Å². The number of amidine groups is 1. The molecule has 0 aromatic heterocycles. The highest BCUT2D eigenvalue weighted by Crippen LogP contribution is 2.31. The van der Waals surface area contributed by atoms with E-state index in [4.69, 9.17) is 16.3 Å². The van der Waals surface area contributed by atoms with Crippen LogP contribution in [0.15, 0.2) is 17.1 Å². The first-order valence-electron chi connectivity index (χ1n) is 5.91. The number of hydrogen-bond donors (Lipinski definition) is 2. The van der Waals surface area contributed by atoms with E-state index in [0.29, 0.717) is 5.75 Å². The molecule has 19 heavy (non-hydrogen) atoms. The van der Waals surface area contributed by atoms with Gasteiger partial charge in [0.1, 0.15) is 11.6 Å². The lowest BCUT2D eigenvalue weighted by Crippen LogP contribution is -2.26. The molecule has 2 N–H and O–H groups in total. The Balaban J connectivity index is 2.10. The van der Waals surface area contributed by atoms with Crippen LogP contribution in [0.25, 0.3) is 0 Å². The largest absolute Gasteiger partial charge is 0.489 e. The molecule has 0 fully saturated rings. The first-order valence-corrected chi connectivity index (χ1v) is 7.27. The van der Waals surface area contributed by atoms with Gasteiger partial charge in [-0.25, -0.2) is 4.39 Å². The third-order valence-corrected chi connectivity index (χ3v) is 3.46. The van der Waals surface area contributed by atoms with E-state index in [1.807, 2.05) is 13.8 Å². The maximum absolute atomic E-state index is 13.8. The fourth-order valence-corrected chi connectivity index (χ4v) is 2.38. The number of anilines is 1. The van der Waals surface area contributed by atoms with Gasteiger partial charge in [0.15, 0.2) is 5.17 Å². The van der Waals surface area contributed by atoms with E-state index < -0.39 is 5.82 Å². The van der Waals surface area contributed by atoms with Gasteiger partial charge in [0.05, 0.1) is 23.4 Å². The van der Waals surface area contributed by atoms with Crippen molar-refractivity contribution in [3.8, 4) is 5.75 Å². The summed E-state index contributed by atoms with van der Waals surface area (Å²) in [6.07, 6.45) is -0.0291. The SMILES string of the molecule is CC(C)Oc1cc(NNC2=NCCS2)c(F)cc1Cl. The molecule has 0 amide bonds. The van der Waals surface area contributed by atoms with Gasteiger partial charge in [-0.1, -0.05) is 23.4 Å². The molecule has 1 aliphatic heterocycles. The summed E-state index contributed by atoms with van der Waals surface area (Å²) in [6, 6.07) is 2.76. The van der Waals surface area contributed by atoms with Crippen LogP contribution in [0.3, 0.4) is 0 Å². The second-order valence-corrected chi connectivity index (χ2v) is 5.71. The molecule has 104 valence electrons. The summed E-state index contributed by atoms with van der Waals surface area (Å²) in [5.41, 5.74) is 5.92. The average Bonchev–Trinajstić information content (AvgIpc) is 2.83. The maximum Gasteiger partial charge on any atom is 0.175 e. The highest BCUT2D eigenvalue weighted by molar-refractivity contribution is 8.14. The molecule has 0 radical (unpaired) electrons.